The molecular formula is C36H42N2O7. The molecule has 0 aromatic heterocycles. The number of unbranched alkanes of at least 4 members (excludes halogenated alkanes) is 4. The van der Waals surface area contributed by atoms with Crippen molar-refractivity contribution in [2.45, 2.75) is 71.3 Å². The third-order valence-electron chi connectivity index (χ3n) is 7.61. The van der Waals surface area contributed by atoms with E-state index in [1.807, 2.05) is 0 Å². The lowest BCUT2D eigenvalue weighted by molar-refractivity contribution is -0.119. The number of hydrogen-bond donors (Lipinski definition) is 2. The van der Waals surface area contributed by atoms with Crippen LogP contribution in [0.3, 0.4) is 0 Å². The van der Waals surface area contributed by atoms with Crippen LogP contribution in [0.15, 0.2) is 66.7 Å². The van der Waals surface area contributed by atoms with Crippen molar-refractivity contribution >= 4 is 29.3 Å². The third-order valence-corrected chi connectivity index (χ3v) is 7.61. The van der Waals surface area contributed by atoms with Gasteiger partial charge in [-0.2, -0.15) is 0 Å². The molecular weight excluding hydrogens is 572 g/mol. The minimum Gasteiger partial charge on any atom is -0.494 e. The second-order valence-corrected chi connectivity index (χ2v) is 11.3. The number of esters is 1. The highest BCUT2D eigenvalue weighted by Gasteiger charge is 2.29. The zero-order valence-corrected chi connectivity index (χ0v) is 26.2. The van der Waals surface area contributed by atoms with Crippen molar-refractivity contribution in [1.82, 2.24) is 5.32 Å². The van der Waals surface area contributed by atoms with Crippen molar-refractivity contribution < 1.29 is 33.4 Å². The predicted molar refractivity (Wildman–Crippen MR) is 172 cm³/mol. The van der Waals surface area contributed by atoms with Gasteiger partial charge in [0.1, 0.15) is 5.75 Å². The number of ether oxygens (including phenoxy) is 3. The summed E-state index contributed by atoms with van der Waals surface area (Å²) < 4.78 is 16.9. The number of amides is 2. The van der Waals surface area contributed by atoms with Gasteiger partial charge in [0.05, 0.1) is 25.3 Å². The number of Topliss-reactive ketones (excluding diaryl/α,β-unsaturated/α-hetero) is 1. The number of ketones is 1. The molecule has 1 aliphatic rings. The van der Waals surface area contributed by atoms with Gasteiger partial charge in [0.2, 0.25) is 5.91 Å². The van der Waals surface area contributed by atoms with Crippen LogP contribution in [0, 0.1) is 5.92 Å². The van der Waals surface area contributed by atoms with Crippen LogP contribution in [0.5, 0.6) is 17.2 Å². The van der Waals surface area contributed by atoms with Gasteiger partial charge < -0.3 is 24.8 Å². The molecule has 0 aliphatic heterocycles. The first-order chi connectivity index (χ1) is 21.8. The molecule has 0 radical (unpaired) electrons. The molecule has 3 aromatic rings. The number of benzene rings is 3. The van der Waals surface area contributed by atoms with Crippen molar-refractivity contribution in [2.75, 3.05) is 19.0 Å². The molecule has 0 spiro atoms. The Morgan fingerprint density at radius 3 is 2.31 bits per heavy atom. The average Bonchev–Trinajstić information content (AvgIpc) is 3.89. The molecule has 238 valence electrons. The molecule has 1 atom stereocenters. The van der Waals surface area contributed by atoms with E-state index in [-0.39, 0.29) is 29.8 Å². The number of rotatable bonds is 17. The Morgan fingerprint density at radius 1 is 0.867 bits per heavy atom. The number of nitrogens with one attached hydrogen (secondary N) is 2. The van der Waals surface area contributed by atoms with E-state index in [1.54, 1.807) is 66.7 Å². The predicted octanol–water partition coefficient (Wildman–Crippen LogP) is 6.54. The van der Waals surface area contributed by atoms with Crippen LogP contribution in [0.1, 0.15) is 85.1 Å². The summed E-state index contributed by atoms with van der Waals surface area (Å²) in [5, 5.41) is 5.63. The Balaban J connectivity index is 1.33. The molecule has 1 unspecified atom stereocenters. The maximum Gasteiger partial charge on any atom is 0.343 e. The van der Waals surface area contributed by atoms with Crippen molar-refractivity contribution in [2.24, 2.45) is 5.92 Å². The lowest BCUT2D eigenvalue weighted by Crippen LogP contribution is -2.41. The summed E-state index contributed by atoms with van der Waals surface area (Å²) in [6.45, 7) is 4.23. The van der Waals surface area contributed by atoms with Crippen molar-refractivity contribution in [3.63, 3.8) is 0 Å². The number of carbonyl (C=O) groups excluding carboxylic acids is 4. The van der Waals surface area contributed by atoms with E-state index in [1.165, 1.54) is 33.3 Å². The number of anilines is 1. The van der Waals surface area contributed by atoms with Gasteiger partial charge in [0.15, 0.2) is 17.3 Å². The van der Waals surface area contributed by atoms with Crippen LogP contribution in [0.4, 0.5) is 5.69 Å². The summed E-state index contributed by atoms with van der Waals surface area (Å²) in [6, 6.07) is 17.6. The molecule has 2 N–H and O–H groups in total. The maximum atomic E-state index is 13.0. The normalized spacial score (nSPS) is 13.0. The van der Waals surface area contributed by atoms with E-state index in [0.29, 0.717) is 40.5 Å². The molecule has 45 heavy (non-hydrogen) atoms. The molecule has 0 saturated heterocycles. The van der Waals surface area contributed by atoms with Crippen LogP contribution >= 0.6 is 0 Å². The third kappa shape index (κ3) is 10.2. The second kappa shape index (κ2) is 16.4. The molecule has 0 bridgehead atoms. The number of hydrogen-bond acceptors (Lipinski definition) is 7. The fourth-order valence-corrected chi connectivity index (χ4v) is 4.77. The van der Waals surface area contributed by atoms with Gasteiger partial charge in [-0.3, -0.25) is 14.4 Å². The zero-order valence-electron chi connectivity index (χ0n) is 26.2. The molecule has 1 saturated carbocycles. The van der Waals surface area contributed by atoms with Gasteiger partial charge in [0, 0.05) is 17.2 Å². The van der Waals surface area contributed by atoms with Crippen molar-refractivity contribution in [1.29, 1.82) is 0 Å². The van der Waals surface area contributed by atoms with E-state index < -0.39 is 17.9 Å². The van der Waals surface area contributed by atoms with E-state index in [2.05, 4.69) is 17.6 Å². The molecule has 4 rings (SSSR count). The molecule has 3 aromatic carbocycles. The van der Waals surface area contributed by atoms with Crippen molar-refractivity contribution in [3.05, 3.63) is 83.4 Å². The number of methoxy groups -OCH3 is 1. The molecule has 1 aliphatic carbocycles. The largest absolute Gasteiger partial charge is 0.494 e. The summed E-state index contributed by atoms with van der Waals surface area (Å²) >= 11 is 0. The fourth-order valence-electron chi connectivity index (χ4n) is 4.77. The topological polar surface area (TPSA) is 120 Å². The SMILES string of the molecule is CCCCCCCOc1ccc(C(=O)Oc2ccc(CC(NC(=O)c3cccc(NC(=O)C4CC4)c3)C(C)=O)cc2OC)cc1. The zero-order chi connectivity index (χ0) is 32.2. The van der Waals surface area contributed by atoms with Crippen molar-refractivity contribution in [3.8, 4) is 17.2 Å². The molecule has 9 heteroatoms. The van der Waals surface area contributed by atoms with E-state index >= 15 is 0 Å². The van der Waals surface area contributed by atoms with Crippen LogP contribution < -0.4 is 24.8 Å². The van der Waals surface area contributed by atoms with E-state index in [0.717, 1.165) is 25.7 Å². The summed E-state index contributed by atoms with van der Waals surface area (Å²) in [7, 11) is 1.46. The lowest BCUT2D eigenvalue weighted by Gasteiger charge is -2.18. The van der Waals surface area contributed by atoms with Crippen LogP contribution in [-0.4, -0.2) is 43.3 Å². The molecule has 1 fully saturated rings. The Hall–Kier alpha value is -4.66. The van der Waals surface area contributed by atoms with Gasteiger partial charge in [0.25, 0.3) is 5.91 Å². The first-order valence-corrected chi connectivity index (χ1v) is 15.6. The lowest BCUT2D eigenvalue weighted by atomic mass is 10.0. The highest BCUT2D eigenvalue weighted by molar-refractivity contribution is 6.00. The monoisotopic (exact) mass is 614 g/mol. The van der Waals surface area contributed by atoms with Gasteiger partial charge in [-0.25, -0.2) is 4.79 Å². The summed E-state index contributed by atoms with van der Waals surface area (Å²) in [6.07, 6.45) is 7.74. The molecule has 2 amide bonds. The Morgan fingerprint density at radius 2 is 1.62 bits per heavy atom. The summed E-state index contributed by atoms with van der Waals surface area (Å²) in [5.74, 6) is 0.0317. The van der Waals surface area contributed by atoms with E-state index in [4.69, 9.17) is 14.2 Å². The second-order valence-electron chi connectivity index (χ2n) is 11.3. The summed E-state index contributed by atoms with van der Waals surface area (Å²) in [4.78, 5) is 50.5. The number of carbonyl (C=O) groups is 4. The standard InChI is InChI=1S/C36H42N2O7/c1-4-5-6-7-8-20-44-30-17-15-27(16-18-30)36(42)45-32-19-12-25(22-33(32)43-3)21-31(24(2)39)38-35(41)28-10-9-11-29(23-28)37-34(40)26-13-14-26/h9-12,15-19,22-23,26,31H,4-8,13-14,20-21H2,1-3H3,(H,37,40)(H,38,41). The van der Waals surface area contributed by atoms with Crippen LogP contribution in [-0.2, 0) is 16.0 Å². The Bertz CT molecular complexity index is 1480. The first kappa shape index (κ1) is 33.2. The van der Waals surface area contributed by atoms with Gasteiger partial charge in [-0.05, 0) is 92.8 Å². The smallest absolute Gasteiger partial charge is 0.343 e. The minimum absolute atomic E-state index is 0.0395. The maximum absolute atomic E-state index is 13.0. The van der Waals surface area contributed by atoms with Gasteiger partial charge in [-0.1, -0.05) is 44.7 Å². The Kier molecular flexibility index (Phi) is 12.1. The molecule has 0 heterocycles. The van der Waals surface area contributed by atoms with Crippen LogP contribution in [0.2, 0.25) is 0 Å². The van der Waals surface area contributed by atoms with Gasteiger partial charge in [-0.15, -0.1) is 0 Å². The average molecular weight is 615 g/mol. The minimum atomic E-state index is -0.808. The highest BCUT2D eigenvalue weighted by Crippen LogP contribution is 2.31. The van der Waals surface area contributed by atoms with Gasteiger partial charge >= 0.3 is 5.97 Å². The van der Waals surface area contributed by atoms with E-state index in [9.17, 15) is 19.2 Å². The van der Waals surface area contributed by atoms with Crippen LogP contribution in [0.25, 0.3) is 0 Å². The quantitative estimate of drug-likeness (QED) is 0.101. The fraction of sp³-hybridized carbons (Fsp3) is 0.389. The first-order valence-electron chi connectivity index (χ1n) is 15.6. The highest BCUT2D eigenvalue weighted by atomic mass is 16.6. The summed E-state index contributed by atoms with van der Waals surface area (Å²) in [5.41, 5.74) is 1.93. The Labute approximate surface area is 264 Å². The molecule has 9 nitrogen and oxygen atoms in total.